The minimum absolute atomic E-state index is 0.0892. The molecule has 0 radical (unpaired) electrons. The zero-order valence-electron chi connectivity index (χ0n) is 8.03. The quantitative estimate of drug-likeness (QED) is 0.603. The molecule has 16 heavy (non-hydrogen) atoms. The Morgan fingerprint density at radius 3 is 2.94 bits per heavy atom. The first kappa shape index (κ1) is 9.97. The van der Waals surface area contributed by atoms with E-state index in [4.69, 9.17) is 0 Å². The van der Waals surface area contributed by atoms with Gasteiger partial charge in [0.25, 0.3) is 5.95 Å². The Bertz CT molecular complexity index is 521. The van der Waals surface area contributed by atoms with Gasteiger partial charge >= 0.3 is 0 Å². The zero-order chi connectivity index (χ0) is 11.4. The van der Waals surface area contributed by atoms with E-state index in [1.54, 1.807) is 0 Å². The van der Waals surface area contributed by atoms with Crippen LogP contribution in [0.15, 0.2) is 34.8 Å². The third-order valence-corrected chi connectivity index (χ3v) is 1.80. The van der Waals surface area contributed by atoms with Gasteiger partial charge in [-0.25, -0.2) is 5.10 Å². The lowest BCUT2D eigenvalue weighted by atomic mass is 10.2. The molecule has 0 atom stereocenters. The lowest BCUT2D eigenvalue weighted by Gasteiger charge is -1.96. The molecule has 80 valence electrons. The van der Waals surface area contributed by atoms with E-state index < -0.39 is 0 Å². The molecular formula is C9H7N5O2. The van der Waals surface area contributed by atoms with E-state index in [9.17, 15) is 9.90 Å². The molecule has 2 rings (SSSR count). The van der Waals surface area contributed by atoms with Gasteiger partial charge < -0.3 is 5.11 Å². The fourth-order valence-corrected chi connectivity index (χ4v) is 1.05. The SMILES string of the molecule is O=Cc1cc(N=Nc2ncn[nH]2)ccc1O. The largest absolute Gasteiger partial charge is 0.507 e. The molecule has 0 saturated heterocycles. The van der Waals surface area contributed by atoms with Crippen LogP contribution < -0.4 is 0 Å². The van der Waals surface area contributed by atoms with E-state index in [-0.39, 0.29) is 17.3 Å². The average molecular weight is 217 g/mol. The molecule has 7 heteroatoms. The second-order valence-corrected chi connectivity index (χ2v) is 2.87. The normalized spacial score (nSPS) is 10.8. The highest BCUT2D eigenvalue weighted by atomic mass is 16.3. The number of carbonyl (C=O) groups is 1. The summed E-state index contributed by atoms with van der Waals surface area (Å²) >= 11 is 0. The van der Waals surface area contributed by atoms with E-state index in [0.29, 0.717) is 12.0 Å². The molecule has 0 amide bonds. The molecule has 0 aliphatic heterocycles. The van der Waals surface area contributed by atoms with Gasteiger partial charge in [-0.3, -0.25) is 4.79 Å². The van der Waals surface area contributed by atoms with Crippen molar-refractivity contribution in [2.75, 3.05) is 0 Å². The van der Waals surface area contributed by atoms with Crippen LogP contribution in [-0.4, -0.2) is 26.6 Å². The molecule has 2 N–H and O–H groups in total. The number of aromatic nitrogens is 3. The highest BCUT2D eigenvalue weighted by Gasteiger charge is 2.00. The van der Waals surface area contributed by atoms with E-state index in [0.717, 1.165) is 0 Å². The number of aromatic hydroxyl groups is 1. The van der Waals surface area contributed by atoms with Crippen molar-refractivity contribution in [3.63, 3.8) is 0 Å². The van der Waals surface area contributed by atoms with Crippen LogP contribution in [0.25, 0.3) is 0 Å². The fourth-order valence-electron chi connectivity index (χ4n) is 1.05. The number of H-pyrrole nitrogens is 1. The van der Waals surface area contributed by atoms with Crippen LogP contribution in [0.3, 0.4) is 0 Å². The predicted molar refractivity (Wildman–Crippen MR) is 54.1 cm³/mol. The molecule has 0 spiro atoms. The Morgan fingerprint density at radius 1 is 1.38 bits per heavy atom. The number of hydrogen-bond acceptors (Lipinski definition) is 6. The maximum Gasteiger partial charge on any atom is 0.264 e. The van der Waals surface area contributed by atoms with Crippen molar-refractivity contribution in [3.05, 3.63) is 30.1 Å². The maximum atomic E-state index is 10.6. The molecular weight excluding hydrogens is 210 g/mol. The van der Waals surface area contributed by atoms with Crippen molar-refractivity contribution in [2.24, 2.45) is 10.2 Å². The number of azo groups is 1. The maximum absolute atomic E-state index is 10.6. The summed E-state index contributed by atoms with van der Waals surface area (Å²) < 4.78 is 0. The minimum Gasteiger partial charge on any atom is -0.507 e. The Balaban J connectivity index is 2.25. The molecule has 7 nitrogen and oxygen atoms in total. The molecule has 1 aromatic carbocycles. The summed E-state index contributed by atoms with van der Waals surface area (Å²) in [5, 5.41) is 22.9. The summed E-state index contributed by atoms with van der Waals surface area (Å²) in [7, 11) is 0. The van der Waals surface area contributed by atoms with Gasteiger partial charge in [0, 0.05) is 0 Å². The number of carbonyl (C=O) groups excluding carboxylic acids is 1. The van der Waals surface area contributed by atoms with Crippen LogP contribution in [0.1, 0.15) is 10.4 Å². The Labute approximate surface area is 89.9 Å². The molecule has 0 aliphatic carbocycles. The first-order valence-corrected chi connectivity index (χ1v) is 4.35. The summed E-state index contributed by atoms with van der Waals surface area (Å²) in [5.41, 5.74) is 0.602. The van der Waals surface area contributed by atoms with Gasteiger partial charge in [-0.05, 0) is 18.2 Å². The Kier molecular flexibility index (Phi) is 2.68. The van der Waals surface area contributed by atoms with Gasteiger partial charge in [0.2, 0.25) is 0 Å². The number of phenols is 1. The first-order chi connectivity index (χ1) is 7.79. The van der Waals surface area contributed by atoms with E-state index in [1.807, 2.05) is 0 Å². The summed E-state index contributed by atoms with van der Waals surface area (Å²) in [6, 6.07) is 4.32. The van der Waals surface area contributed by atoms with Crippen LogP contribution in [0.4, 0.5) is 11.6 Å². The van der Waals surface area contributed by atoms with Gasteiger partial charge in [-0.1, -0.05) is 0 Å². The highest BCUT2D eigenvalue weighted by molar-refractivity contribution is 5.80. The van der Waals surface area contributed by atoms with Crippen molar-refractivity contribution in [1.82, 2.24) is 15.2 Å². The van der Waals surface area contributed by atoms with E-state index >= 15 is 0 Å². The smallest absolute Gasteiger partial charge is 0.264 e. The van der Waals surface area contributed by atoms with Crippen molar-refractivity contribution >= 4 is 17.9 Å². The first-order valence-electron chi connectivity index (χ1n) is 4.35. The number of nitrogens with one attached hydrogen (secondary N) is 1. The van der Waals surface area contributed by atoms with Crippen molar-refractivity contribution < 1.29 is 9.90 Å². The van der Waals surface area contributed by atoms with E-state index in [2.05, 4.69) is 25.4 Å². The highest BCUT2D eigenvalue weighted by Crippen LogP contribution is 2.22. The molecule has 2 aromatic rings. The van der Waals surface area contributed by atoms with Crippen molar-refractivity contribution in [2.45, 2.75) is 0 Å². The molecule has 1 heterocycles. The van der Waals surface area contributed by atoms with Gasteiger partial charge in [-0.15, -0.1) is 10.2 Å². The number of nitrogens with zero attached hydrogens (tertiary/aromatic N) is 4. The summed E-state index contributed by atoms with van der Waals surface area (Å²) in [5.74, 6) is 0.175. The molecule has 0 aliphatic rings. The molecule has 0 saturated carbocycles. The topological polar surface area (TPSA) is 104 Å². The number of aromatic amines is 1. The molecule has 1 aromatic heterocycles. The lowest BCUT2D eigenvalue weighted by Crippen LogP contribution is -1.79. The number of hydrogen-bond donors (Lipinski definition) is 2. The number of rotatable bonds is 3. The lowest BCUT2D eigenvalue weighted by molar-refractivity contribution is 0.112. The van der Waals surface area contributed by atoms with Gasteiger partial charge in [0.15, 0.2) is 6.29 Å². The number of phenolic OH excluding ortho intramolecular Hbond substituents is 1. The van der Waals surface area contributed by atoms with Crippen LogP contribution >= 0.6 is 0 Å². The second-order valence-electron chi connectivity index (χ2n) is 2.87. The Morgan fingerprint density at radius 2 is 2.25 bits per heavy atom. The third-order valence-electron chi connectivity index (χ3n) is 1.80. The average Bonchev–Trinajstić information content (AvgIpc) is 2.81. The standard InChI is InChI=1S/C9H7N5O2/c15-4-6-3-7(1-2-8(6)16)12-14-9-10-5-11-13-9/h1-5,16H,(H,10,11,13). The van der Waals surface area contributed by atoms with E-state index in [1.165, 1.54) is 24.5 Å². The van der Waals surface area contributed by atoms with Crippen LogP contribution in [0.2, 0.25) is 0 Å². The van der Waals surface area contributed by atoms with Crippen molar-refractivity contribution in [3.8, 4) is 5.75 Å². The minimum atomic E-state index is -0.0892. The van der Waals surface area contributed by atoms with Crippen molar-refractivity contribution in [1.29, 1.82) is 0 Å². The molecule has 0 unspecified atom stereocenters. The fraction of sp³-hybridized carbons (Fsp3) is 0. The Hall–Kier alpha value is -2.57. The molecule has 0 bridgehead atoms. The van der Waals surface area contributed by atoms with Gasteiger partial charge in [0.1, 0.15) is 12.1 Å². The summed E-state index contributed by atoms with van der Waals surface area (Å²) in [6.45, 7) is 0. The van der Waals surface area contributed by atoms with Crippen LogP contribution in [0, 0.1) is 0 Å². The van der Waals surface area contributed by atoms with Crippen LogP contribution in [0.5, 0.6) is 5.75 Å². The number of aldehydes is 1. The molecule has 0 fully saturated rings. The van der Waals surface area contributed by atoms with Gasteiger partial charge in [0.05, 0.1) is 11.3 Å². The third kappa shape index (κ3) is 2.08. The summed E-state index contributed by atoms with van der Waals surface area (Å²) in [6.07, 6.45) is 1.85. The number of benzene rings is 1. The monoisotopic (exact) mass is 217 g/mol. The van der Waals surface area contributed by atoms with Crippen LogP contribution in [-0.2, 0) is 0 Å². The second kappa shape index (κ2) is 4.30. The van der Waals surface area contributed by atoms with Gasteiger partial charge in [-0.2, -0.15) is 10.1 Å². The predicted octanol–water partition coefficient (Wildman–Crippen LogP) is 1.74. The summed E-state index contributed by atoms with van der Waals surface area (Å²) in [4.78, 5) is 14.3. The zero-order valence-corrected chi connectivity index (χ0v) is 8.03.